The van der Waals surface area contributed by atoms with Crippen molar-refractivity contribution < 1.29 is 30.8 Å². The lowest BCUT2D eigenvalue weighted by atomic mass is 9.60. The second kappa shape index (κ2) is 10.4. The lowest BCUT2D eigenvalue weighted by Crippen LogP contribution is -2.68. The fourth-order valence-electron chi connectivity index (χ4n) is 6.45. The van der Waals surface area contributed by atoms with Crippen LogP contribution < -0.4 is 10.0 Å². The molecule has 1 saturated carbocycles. The van der Waals surface area contributed by atoms with Crippen molar-refractivity contribution >= 4 is 60.5 Å². The molecule has 4 unspecified atom stereocenters. The van der Waals surface area contributed by atoms with Gasteiger partial charge in [0.15, 0.2) is 11.7 Å². The number of carbonyl (C=O) groups excluding carboxylic acids is 2. The van der Waals surface area contributed by atoms with Gasteiger partial charge in [-0.2, -0.15) is 8.42 Å². The smallest absolute Gasteiger partial charge is 0.286 e. The molecule has 2 fully saturated rings. The van der Waals surface area contributed by atoms with Crippen molar-refractivity contribution in [1.82, 2.24) is 4.90 Å². The summed E-state index contributed by atoms with van der Waals surface area (Å²) in [6.07, 6.45) is 3.80. The standard InChI is InChI=1S/C27H30ClFN4O6S2/c1-4-16-6-5-11-27(2)23(16)24(34)22(26(35)33(27)14-15-7-9-19(29)18(28)12-15)25-30-20-10-8-17(31-40(3,36)37)13-21(20)41(38,39)32-25/h7-10,12-13,16,22-23,31H,4-6,11,14H2,1-3H3,(H,30,32). The van der Waals surface area contributed by atoms with E-state index in [9.17, 15) is 30.8 Å². The Kier molecular flexibility index (Phi) is 7.44. The molecular weight excluding hydrogens is 595 g/mol. The van der Waals surface area contributed by atoms with E-state index in [1.54, 1.807) is 4.90 Å². The molecule has 2 aromatic carbocycles. The molecule has 1 amide bonds. The number of carbonyl (C=O) groups is 2. The minimum atomic E-state index is -4.41. The number of amides is 1. The van der Waals surface area contributed by atoms with Crippen molar-refractivity contribution in [2.45, 2.75) is 56.5 Å². The van der Waals surface area contributed by atoms with E-state index in [1.165, 1.54) is 30.3 Å². The molecule has 41 heavy (non-hydrogen) atoms. The van der Waals surface area contributed by atoms with E-state index in [4.69, 9.17) is 11.6 Å². The Morgan fingerprint density at radius 1 is 1.22 bits per heavy atom. The summed E-state index contributed by atoms with van der Waals surface area (Å²) in [7, 11) is -8.08. The van der Waals surface area contributed by atoms with Crippen LogP contribution in [0.25, 0.3) is 0 Å². The number of anilines is 2. The number of likely N-dealkylation sites (tertiary alicyclic amines) is 1. The third-order valence-corrected chi connectivity index (χ3v) is 10.5. The molecule has 4 atom stereocenters. The van der Waals surface area contributed by atoms with Gasteiger partial charge in [0.05, 0.1) is 22.5 Å². The van der Waals surface area contributed by atoms with Crippen LogP contribution in [0.4, 0.5) is 15.8 Å². The van der Waals surface area contributed by atoms with Crippen LogP contribution in [-0.2, 0) is 36.2 Å². The predicted octanol–water partition coefficient (Wildman–Crippen LogP) is 4.18. The number of rotatable bonds is 6. The number of hydrogen-bond acceptors (Lipinski definition) is 7. The Morgan fingerprint density at radius 2 is 1.95 bits per heavy atom. The normalized spacial score (nSPS) is 27.4. The van der Waals surface area contributed by atoms with Crippen LogP contribution in [0.5, 0.6) is 0 Å². The number of halogens is 2. The lowest BCUT2D eigenvalue weighted by molar-refractivity contribution is -0.164. The van der Waals surface area contributed by atoms with E-state index >= 15 is 0 Å². The van der Waals surface area contributed by atoms with Crippen molar-refractivity contribution in [2.24, 2.45) is 22.2 Å². The number of sulfonamides is 2. The van der Waals surface area contributed by atoms with Gasteiger partial charge in [-0.15, -0.1) is 4.40 Å². The SMILES string of the molecule is CCC1CCCC2(C)C1C(=O)C(C1=NS(=O)(=O)c3cc(NS(C)(=O)=O)ccc3N1)C(=O)N2Cc1ccc(F)c(Cl)c1. The van der Waals surface area contributed by atoms with Gasteiger partial charge in [-0.3, -0.25) is 14.3 Å². The van der Waals surface area contributed by atoms with Crippen LogP contribution in [0.15, 0.2) is 45.7 Å². The van der Waals surface area contributed by atoms with Crippen LogP contribution >= 0.6 is 11.6 Å². The highest BCUT2D eigenvalue weighted by molar-refractivity contribution is 7.92. The number of nitrogens with one attached hydrogen (secondary N) is 2. The average Bonchev–Trinajstić information content (AvgIpc) is 2.87. The van der Waals surface area contributed by atoms with Gasteiger partial charge < -0.3 is 10.2 Å². The van der Waals surface area contributed by atoms with Crippen LogP contribution in [0.2, 0.25) is 5.02 Å². The molecule has 0 aromatic heterocycles. The molecule has 2 aliphatic heterocycles. The zero-order chi connectivity index (χ0) is 29.9. The van der Waals surface area contributed by atoms with E-state index in [0.29, 0.717) is 18.4 Å². The monoisotopic (exact) mass is 624 g/mol. The number of Topliss-reactive ketones (excluding diaryl/α,β-unsaturated/α-hetero) is 1. The maximum absolute atomic E-state index is 14.2. The lowest BCUT2D eigenvalue weighted by Gasteiger charge is -2.56. The first kappa shape index (κ1) is 29.5. The molecule has 5 rings (SSSR count). The molecule has 0 spiro atoms. The number of fused-ring (bicyclic) bond motifs is 2. The minimum absolute atomic E-state index is 0.0213. The van der Waals surface area contributed by atoms with Gasteiger partial charge in [0.2, 0.25) is 15.9 Å². The molecule has 14 heteroatoms. The Morgan fingerprint density at radius 3 is 2.61 bits per heavy atom. The minimum Gasteiger partial charge on any atom is -0.341 e. The predicted molar refractivity (Wildman–Crippen MR) is 153 cm³/mol. The molecule has 220 valence electrons. The van der Waals surface area contributed by atoms with Gasteiger partial charge >= 0.3 is 0 Å². The van der Waals surface area contributed by atoms with E-state index in [-0.39, 0.29) is 39.6 Å². The largest absolute Gasteiger partial charge is 0.341 e. The Labute approximate surface area is 243 Å². The highest BCUT2D eigenvalue weighted by Crippen LogP contribution is 2.49. The van der Waals surface area contributed by atoms with Gasteiger partial charge in [-0.1, -0.05) is 37.4 Å². The fraction of sp³-hybridized carbons (Fsp3) is 0.444. The molecule has 10 nitrogen and oxygen atoms in total. The maximum atomic E-state index is 14.2. The van der Waals surface area contributed by atoms with Gasteiger partial charge in [-0.05, 0) is 61.6 Å². The molecule has 0 radical (unpaired) electrons. The second-order valence-corrected chi connectivity index (χ2v) is 14.8. The van der Waals surface area contributed by atoms with E-state index in [2.05, 4.69) is 14.4 Å². The number of amidine groups is 1. The summed E-state index contributed by atoms with van der Waals surface area (Å²) in [5, 5.41) is 2.77. The Hall–Kier alpha value is -3.03. The van der Waals surface area contributed by atoms with Crippen LogP contribution in [0.3, 0.4) is 0 Å². The molecule has 1 saturated heterocycles. The molecule has 0 bridgehead atoms. The summed E-state index contributed by atoms with van der Waals surface area (Å²) in [5.74, 6) is -4.01. The van der Waals surface area contributed by atoms with Crippen molar-refractivity contribution in [3.05, 3.63) is 52.8 Å². The van der Waals surface area contributed by atoms with E-state index < -0.39 is 54.9 Å². The highest BCUT2D eigenvalue weighted by atomic mass is 35.5. The fourth-order valence-corrected chi connectivity index (χ4v) is 8.39. The zero-order valence-corrected chi connectivity index (χ0v) is 25.0. The molecule has 3 aliphatic rings. The number of ketones is 1. The summed E-state index contributed by atoms with van der Waals surface area (Å²) in [4.78, 5) is 29.7. The van der Waals surface area contributed by atoms with Crippen molar-refractivity contribution in [2.75, 3.05) is 16.3 Å². The molecule has 2 N–H and O–H groups in total. The first-order valence-electron chi connectivity index (χ1n) is 13.2. The number of benzene rings is 2. The van der Waals surface area contributed by atoms with E-state index in [0.717, 1.165) is 25.2 Å². The van der Waals surface area contributed by atoms with Crippen LogP contribution in [-0.4, -0.2) is 51.1 Å². The summed E-state index contributed by atoms with van der Waals surface area (Å²) in [6.45, 7) is 3.91. The summed E-state index contributed by atoms with van der Waals surface area (Å²) in [5.41, 5.74) is -0.190. The van der Waals surface area contributed by atoms with Crippen LogP contribution in [0, 0.1) is 23.6 Å². The first-order chi connectivity index (χ1) is 19.1. The Bertz CT molecular complexity index is 1700. The quantitative estimate of drug-likeness (QED) is 0.459. The van der Waals surface area contributed by atoms with Gasteiger partial charge in [0.1, 0.15) is 16.5 Å². The molecule has 2 aromatic rings. The van der Waals surface area contributed by atoms with Gasteiger partial charge in [0.25, 0.3) is 10.0 Å². The molecular formula is C27H30ClFN4O6S2. The Balaban J connectivity index is 1.58. The van der Waals surface area contributed by atoms with Crippen molar-refractivity contribution in [1.29, 1.82) is 0 Å². The summed E-state index contributed by atoms with van der Waals surface area (Å²) < 4.78 is 69.8. The van der Waals surface area contributed by atoms with Gasteiger partial charge in [0, 0.05) is 18.2 Å². The third kappa shape index (κ3) is 5.35. The third-order valence-electron chi connectivity index (χ3n) is 8.29. The molecule has 1 aliphatic carbocycles. The zero-order valence-electron chi connectivity index (χ0n) is 22.6. The summed E-state index contributed by atoms with van der Waals surface area (Å²) >= 11 is 6.02. The average molecular weight is 625 g/mol. The molecule has 2 heterocycles. The number of hydrogen-bond donors (Lipinski definition) is 2. The maximum Gasteiger partial charge on any atom is 0.286 e. The van der Waals surface area contributed by atoms with E-state index in [1.807, 2.05) is 13.8 Å². The first-order valence-corrected chi connectivity index (χ1v) is 16.9. The van der Waals surface area contributed by atoms with Crippen molar-refractivity contribution in [3.63, 3.8) is 0 Å². The summed E-state index contributed by atoms with van der Waals surface area (Å²) in [6, 6.07) is 8.02. The number of piperidine rings is 1. The van der Waals surface area contributed by atoms with Crippen molar-refractivity contribution in [3.8, 4) is 0 Å². The van der Waals surface area contributed by atoms with Gasteiger partial charge in [-0.25, -0.2) is 12.8 Å². The van der Waals surface area contributed by atoms with Crippen LogP contribution in [0.1, 0.15) is 45.1 Å². The topological polar surface area (TPSA) is 142 Å². The number of nitrogens with zero attached hydrogens (tertiary/aromatic N) is 2. The second-order valence-electron chi connectivity index (χ2n) is 11.1. The highest BCUT2D eigenvalue weighted by Gasteiger charge is 2.59.